The number of anilines is 1. The molecule has 0 bridgehead atoms. The highest BCUT2D eigenvalue weighted by Crippen LogP contribution is 2.28. The molecule has 140 valence electrons. The van der Waals surface area contributed by atoms with E-state index in [0.717, 1.165) is 4.70 Å². The summed E-state index contributed by atoms with van der Waals surface area (Å²) in [5.41, 5.74) is 1.11. The van der Waals surface area contributed by atoms with Crippen molar-refractivity contribution in [3.8, 4) is 5.75 Å². The second-order valence-electron chi connectivity index (χ2n) is 5.33. The number of hydrogen-bond acceptors (Lipinski definition) is 6. The summed E-state index contributed by atoms with van der Waals surface area (Å²) in [6, 6.07) is 9.77. The minimum Gasteiger partial charge on any atom is -0.482 e. The monoisotopic (exact) mass is 424 g/mol. The highest BCUT2D eigenvalue weighted by atomic mass is 35.5. The van der Waals surface area contributed by atoms with Crippen LogP contribution in [0.1, 0.15) is 17.3 Å². The molecule has 0 aliphatic rings. The number of aromatic nitrogens is 1. The lowest BCUT2D eigenvalue weighted by molar-refractivity contribution is -0.118. The normalized spacial score (nSPS) is 10.6. The van der Waals surface area contributed by atoms with E-state index >= 15 is 0 Å². The molecule has 0 unspecified atom stereocenters. The molecule has 1 aromatic heterocycles. The topological polar surface area (TPSA) is 77.5 Å². The molecule has 0 saturated heterocycles. The number of esters is 1. The zero-order valence-electron chi connectivity index (χ0n) is 14.1. The van der Waals surface area contributed by atoms with Crippen molar-refractivity contribution in [2.24, 2.45) is 0 Å². The van der Waals surface area contributed by atoms with Gasteiger partial charge in [-0.1, -0.05) is 34.5 Å². The average Bonchev–Trinajstić information content (AvgIpc) is 3.02. The molecule has 9 heteroatoms. The van der Waals surface area contributed by atoms with Gasteiger partial charge in [-0.15, -0.1) is 0 Å². The second-order valence-corrected chi connectivity index (χ2v) is 7.21. The molecule has 3 rings (SSSR count). The number of halogens is 2. The lowest BCUT2D eigenvalue weighted by Gasteiger charge is -2.07. The molecule has 6 nitrogen and oxygen atoms in total. The van der Waals surface area contributed by atoms with Gasteiger partial charge < -0.3 is 9.47 Å². The van der Waals surface area contributed by atoms with Crippen LogP contribution in [0.15, 0.2) is 36.4 Å². The third-order valence-electron chi connectivity index (χ3n) is 3.40. The second kappa shape index (κ2) is 8.56. The van der Waals surface area contributed by atoms with Crippen LogP contribution in [0.25, 0.3) is 10.2 Å². The van der Waals surface area contributed by atoms with Crippen LogP contribution in [-0.2, 0) is 9.53 Å². The van der Waals surface area contributed by atoms with Crippen molar-refractivity contribution < 1.29 is 19.1 Å². The fraction of sp³-hybridized carbons (Fsp3) is 0.167. The third kappa shape index (κ3) is 4.88. The van der Waals surface area contributed by atoms with Crippen LogP contribution in [-0.4, -0.2) is 30.1 Å². The summed E-state index contributed by atoms with van der Waals surface area (Å²) in [6.45, 7) is 1.82. The highest BCUT2D eigenvalue weighted by molar-refractivity contribution is 7.22. The highest BCUT2D eigenvalue weighted by Gasteiger charge is 2.13. The van der Waals surface area contributed by atoms with Crippen LogP contribution in [0.2, 0.25) is 10.0 Å². The van der Waals surface area contributed by atoms with Gasteiger partial charge in [0.2, 0.25) is 0 Å². The molecule has 0 saturated carbocycles. The van der Waals surface area contributed by atoms with Gasteiger partial charge in [0.1, 0.15) is 5.75 Å². The zero-order chi connectivity index (χ0) is 19.4. The summed E-state index contributed by atoms with van der Waals surface area (Å²) in [7, 11) is 0. The van der Waals surface area contributed by atoms with E-state index in [1.54, 1.807) is 37.3 Å². The summed E-state index contributed by atoms with van der Waals surface area (Å²) in [6.07, 6.45) is 0. The van der Waals surface area contributed by atoms with Crippen molar-refractivity contribution in [1.82, 2.24) is 4.98 Å². The van der Waals surface area contributed by atoms with Gasteiger partial charge in [-0.25, -0.2) is 9.78 Å². The molecule has 2 aromatic carbocycles. The van der Waals surface area contributed by atoms with E-state index < -0.39 is 5.97 Å². The molecule has 27 heavy (non-hydrogen) atoms. The summed E-state index contributed by atoms with van der Waals surface area (Å²) in [5, 5.41) is 3.87. The van der Waals surface area contributed by atoms with Crippen molar-refractivity contribution in [3.63, 3.8) is 0 Å². The maximum atomic E-state index is 12.1. The van der Waals surface area contributed by atoms with E-state index in [2.05, 4.69) is 10.3 Å². The van der Waals surface area contributed by atoms with Gasteiger partial charge in [0.05, 0.1) is 27.4 Å². The molecular weight excluding hydrogens is 411 g/mol. The Bertz CT molecular complexity index is 1010. The van der Waals surface area contributed by atoms with Gasteiger partial charge in [0.25, 0.3) is 5.91 Å². The smallest absolute Gasteiger partial charge is 0.338 e. The van der Waals surface area contributed by atoms with Crippen molar-refractivity contribution >= 4 is 61.8 Å². The first kappa shape index (κ1) is 19.4. The summed E-state index contributed by atoms with van der Waals surface area (Å²) in [5.74, 6) is -0.420. The lowest BCUT2D eigenvalue weighted by Crippen LogP contribution is -2.20. The zero-order valence-corrected chi connectivity index (χ0v) is 16.5. The van der Waals surface area contributed by atoms with Crippen LogP contribution in [0.4, 0.5) is 5.13 Å². The summed E-state index contributed by atoms with van der Waals surface area (Å²) >= 11 is 13.1. The number of benzene rings is 2. The Balaban J connectivity index is 1.65. The Morgan fingerprint density at radius 1 is 1.19 bits per heavy atom. The molecule has 0 spiro atoms. The first-order chi connectivity index (χ1) is 13.0. The number of fused-ring (bicyclic) bond motifs is 1. The van der Waals surface area contributed by atoms with Crippen molar-refractivity contribution in [1.29, 1.82) is 0 Å². The number of amides is 1. The third-order valence-corrected chi connectivity index (χ3v) is 4.86. The summed E-state index contributed by atoms with van der Waals surface area (Å²) < 4.78 is 11.1. The summed E-state index contributed by atoms with van der Waals surface area (Å²) in [4.78, 5) is 28.2. The average molecular weight is 425 g/mol. The molecule has 3 aromatic rings. The number of carbonyl (C=O) groups excluding carboxylic acids is 2. The van der Waals surface area contributed by atoms with Crippen molar-refractivity contribution in [3.05, 3.63) is 52.0 Å². The first-order valence-corrected chi connectivity index (χ1v) is 9.49. The van der Waals surface area contributed by atoms with Crippen molar-refractivity contribution in [2.45, 2.75) is 6.92 Å². The molecular formula is C18H14Cl2N2O4S. The maximum absolute atomic E-state index is 12.1. The number of carbonyl (C=O) groups is 2. The van der Waals surface area contributed by atoms with Gasteiger partial charge in [-0.2, -0.15) is 0 Å². The van der Waals surface area contributed by atoms with Crippen LogP contribution in [0.3, 0.4) is 0 Å². The Labute approximate surface area is 169 Å². The molecule has 1 amide bonds. The largest absolute Gasteiger partial charge is 0.482 e. The Morgan fingerprint density at radius 2 is 2.00 bits per heavy atom. The van der Waals surface area contributed by atoms with E-state index in [0.29, 0.717) is 38.6 Å². The minimum atomic E-state index is -0.397. The van der Waals surface area contributed by atoms with Crippen LogP contribution in [0, 0.1) is 0 Å². The van der Waals surface area contributed by atoms with E-state index in [1.807, 2.05) is 0 Å². The quantitative estimate of drug-likeness (QED) is 0.575. The van der Waals surface area contributed by atoms with Crippen LogP contribution in [0.5, 0.6) is 5.75 Å². The molecule has 0 aliphatic carbocycles. The van der Waals surface area contributed by atoms with E-state index in [-0.39, 0.29) is 12.5 Å². The molecule has 0 radical (unpaired) electrons. The number of nitrogens with zero attached hydrogens (tertiary/aromatic N) is 1. The Morgan fingerprint density at radius 3 is 2.74 bits per heavy atom. The van der Waals surface area contributed by atoms with Crippen molar-refractivity contribution in [2.75, 3.05) is 18.5 Å². The van der Waals surface area contributed by atoms with Gasteiger partial charge in [0.15, 0.2) is 11.7 Å². The molecule has 0 fully saturated rings. The number of hydrogen-bond donors (Lipinski definition) is 1. The van der Waals surface area contributed by atoms with E-state index in [9.17, 15) is 9.59 Å². The Hall–Kier alpha value is -2.35. The minimum absolute atomic E-state index is 0.231. The SMILES string of the molecule is CCOC(=O)c1ccc2nc(NC(=O)COc3ccc(Cl)cc3Cl)sc2c1. The fourth-order valence-corrected chi connectivity index (χ4v) is 3.59. The number of ether oxygens (including phenoxy) is 2. The Kier molecular flexibility index (Phi) is 6.15. The standard InChI is InChI=1S/C18H14Cl2N2O4S/c1-2-25-17(24)10-3-5-13-15(7-10)27-18(21-13)22-16(23)9-26-14-6-4-11(19)8-12(14)20/h3-8H,2,9H2,1H3,(H,21,22,23). The first-order valence-electron chi connectivity index (χ1n) is 7.91. The van der Waals surface area contributed by atoms with Gasteiger partial charge in [0, 0.05) is 5.02 Å². The number of nitrogens with one attached hydrogen (secondary N) is 1. The van der Waals surface area contributed by atoms with E-state index in [4.69, 9.17) is 32.7 Å². The van der Waals surface area contributed by atoms with Gasteiger partial charge >= 0.3 is 5.97 Å². The van der Waals surface area contributed by atoms with Gasteiger partial charge in [-0.05, 0) is 43.3 Å². The lowest BCUT2D eigenvalue weighted by atomic mass is 10.2. The molecule has 1 N–H and O–H groups in total. The van der Waals surface area contributed by atoms with E-state index in [1.165, 1.54) is 17.4 Å². The number of rotatable bonds is 6. The predicted molar refractivity (Wildman–Crippen MR) is 106 cm³/mol. The van der Waals surface area contributed by atoms with Crippen LogP contribution >= 0.6 is 34.5 Å². The molecule has 0 aliphatic heterocycles. The maximum Gasteiger partial charge on any atom is 0.338 e. The number of thiazole rings is 1. The molecule has 0 atom stereocenters. The molecule has 1 heterocycles. The van der Waals surface area contributed by atoms with Crippen LogP contribution < -0.4 is 10.1 Å². The fourth-order valence-electron chi connectivity index (χ4n) is 2.21. The van der Waals surface area contributed by atoms with Gasteiger partial charge in [-0.3, -0.25) is 10.1 Å². The predicted octanol–water partition coefficient (Wildman–Crippen LogP) is 4.80.